The van der Waals surface area contributed by atoms with E-state index in [0.717, 1.165) is 25.1 Å². The van der Waals surface area contributed by atoms with E-state index in [2.05, 4.69) is 27.8 Å². The second kappa shape index (κ2) is 8.02. The van der Waals surface area contributed by atoms with Gasteiger partial charge in [0.25, 0.3) is 0 Å². The van der Waals surface area contributed by atoms with Crippen molar-refractivity contribution in [1.29, 1.82) is 0 Å². The number of nitrogens with one attached hydrogen (secondary N) is 3. The number of carbonyl (C=O) groups is 3. The molecule has 2 saturated heterocycles. The van der Waals surface area contributed by atoms with Crippen molar-refractivity contribution in [3.8, 4) is 11.8 Å². The summed E-state index contributed by atoms with van der Waals surface area (Å²) < 4.78 is 0. The van der Waals surface area contributed by atoms with Crippen molar-refractivity contribution in [2.75, 3.05) is 30.4 Å². The number of benzene rings is 1. The quantitative estimate of drug-likeness (QED) is 0.415. The summed E-state index contributed by atoms with van der Waals surface area (Å²) in [4.78, 5) is 36.2. The lowest BCUT2D eigenvalue weighted by atomic mass is 10.0. The Hall–Kier alpha value is -2.85. The number of piperidine rings is 1. The second-order valence-electron chi connectivity index (χ2n) is 6.53. The maximum Gasteiger partial charge on any atom is 0.249 e. The Kier molecular flexibility index (Phi) is 5.54. The lowest BCUT2D eigenvalue weighted by Gasteiger charge is -2.26. The van der Waals surface area contributed by atoms with Gasteiger partial charge in [-0.2, -0.15) is 0 Å². The van der Waals surface area contributed by atoms with Gasteiger partial charge < -0.3 is 15.5 Å². The highest BCUT2D eigenvalue weighted by molar-refractivity contribution is 6.02. The molecule has 7 heteroatoms. The normalized spacial score (nSPS) is 22.2. The molecule has 2 fully saturated rings. The second-order valence-corrected chi connectivity index (χ2v) is 6.53. The monoisotopic (exact) mass is 354 g/mol. The van der Waals surface area contributed by atoms with Crippen LogP contribution in [0.3, 0.4) is 0 Å². The summed E-state index contributed by atoms with van der Waals surface area (Å²) in [5.41, 5.74) is 2.00. The molecule has 2 aliphatic rings. The van der Waals surface area contributed by atoms with Gasteiger partial charge in [-0.05, 0) is 31.5 Å². The lowest BCUT2D eigenvalue weighted by Crippen LogP contribution is -2.47. The molecule has 0 aliphatic carbocycles. The average Bonchev–Trinajstić information content (AvgIpc) is 3.15. The number of rotatable bonds is 4. The van der Waals surface area contributed by atoms with E-state index in [1.54, 1.807) is 13.1 Å². The number of hydrogen-bond donors (Lipinski definition) is 3. The first-order valence-electron chi connectivity index (χ1n) is 8.72. The third kappa shape index (κ3) is 4.03. The van der Waals surface area contributed by atoms with Gasteiger partial charge in [0, 0.05) is 25.9 Å². The number of imide groups is 1. The van der Waals surface area contributed by atoms with E-state index in [0.29, 0.717) is 30.1 Å². The van der Waals surface area contributed by atoms with Gasteiger partial charge in [-0.1, -0.05) is 17.9 Å². The standard InChI is InChI=1S/C19H22N4O3/c1-23(12-24)18-14(6-5-13-9-10-20-11-13)3-2-4-15(18)21-16-7-8-17(25)22-19(16)26/h2-4,12-13,16,20-21H,7-11H2,1H3,(H,22,25,26). The molecule has 3 rings (SSSR count). The Morgan fingerprint density at radius 2 is 2.15 bits per heavy atom. The molecule has 3 amide bonds. The van der Waals surface area contributed by atoms with Gasteiger partial charge >= 0.3 is 0 Å². The van der Waals surface area contributed by atoms with Crippen LogP contribution in [-0.2, 0) is 14.4 Å². The van der Waals surface area contributed by atoms with Gasteiger partial charge in [0.1, 0.15) is 6.04 Å². The van der Waals surface area contributed by atoms with Crippen molar-refractivity contribution in [2.24, 2.45) is 5.92 Å². The summed E-state index contributed by atoms with van der Waals surface area (Å²) >= 11 is 0. The summed E-state index contributed by atoms with van der Waals surface area (Å²) in [6.07, 6.45) is 2.43. The third-order valence-corrected chi connectivity index (χ3v) is 4.59. The Labute approximate surface area is 152 Å². The van der Waals surface area contributed by atoms with Gasteiger partial charge in [0.15, 0.2) is 0 Å². The van der Waals surface area contributed by atoms with Crippen molar-refractivity contribution >= 4 is 29.6 Å². The molecule has 2 heterocycles. The van der Waals surface area contributed by atoms with Crippen LogP contribution in [0.5, 0.6) is 0 Å². The van der Waals surface area contributed by atoms with Crippen LogP contribution in [0, 0.1) is 17.8 Å². The Morgan fingerprint density at radius 1 is 1.31 bits per heavy atom. The van der Waals surface area contributed by atoms with Gasteiger partial charge in [0.2, 0.25) is 18.2 Å². The number of amides is 3. The summed E-state index contributed by atoms with van der Waals surface area (Å²) in [6.45, 7) is 1.84. The Bertz CT molecular complexity index is 775. The molecule has 0 aromatic heterocycles. The zero-order valence-electron chi connectivity index (χ0n) is 14.7. The van der Waals surface area contributed by atoms with Crippen molar-refractivity contribution in [2.45, 2.75) is 25.3 Å². The smallest absolute Gasteiger partial charge is 0.249 e. The van der Waals surface area contributed by atoms with Gasteiger partial charge in [-0.3, -0.25) is 19.7 Å². The van der Waals surface area contributed by atoms with Crippen LogP contribution < -0.4 is 20.9 Å². The topological polar surface area (TPSA) is 90.5 Å². The van der Waals surface area contributed by atoms with Crippen LogP contribution in [0.2, 0.25) is 0 Å². The highest BCUT2D eigenvalue weighted by atomic mass is 16.2. The molecule has 1 aromatic carbocycles. The van der Waals surface area contributed by atoms with Crippen molar-refractivity contribution in [3.63, 3.8) is 0 Å². The summed E-state index contributed by atoms with van der Waals surface area (Å²) in [6, 6.07) is 4.99. The lowest BCUT2D eigenvalue weighted by molar-refractivity contribution is -0.133. The van der Waals surface area contributed by atoms with E-state index in [1.807, 2.05) is 12.1 Å². The fourth-order valence-corrected chi connectivity index (χ4v) is 3.17. The molecular formula is C19H22N4O3. The number of nitrogens with zero attached hydrogens (tertiary/aromatic N) is 1. The minimum absolute atomic E-state index is 0.261. The summed E-state index contributed by atoms with van der Waals surface area (Å²) in [7, 11) is 1.65. The molecule has 26 heavy (non-hydrogen) atoms. The molecule has 0 bridgehead atoms. The molecule has 3 N–H and O–H groups in total. The van der Waals surface area contributed by atoms with Crippen LogP contribution in [0.25, 0.3) is 0 Å². The number of para-hydroxylation sites is 1. The van der Waals surface area contributed by atoms with E-state index in [1.165, 1.54) is 4.90 Å². The fraction of sp³-hybridized carbons (Fsp3) is 0.421. The van der Waals surface area contributed by atoms with Crippen LogP contribution in [-0.4, -0.2) is 44.4 Å². The molecule has 2 aliphatic heterocycles. The number of anilines is 2. The van der Waals surface area contributed by atoms with Gasteiger partial charge in [-0.15, -0.1) is 0 Å². The predicted molar refractivity (Wildman–Crippen MR) is 98.6 cm³/mol. The van der Waals surface area contributed by atoms with E-state index in [-0.39, 0.29) is 18.2 Å². The zero-order chi connectivity index (χ0) is 18.5. The number of carbonyl (C=O) groups excluding carboxylic acids is 3. The van der Waals surface area contributed by atoms with Crippen LogP contribution >= 0.6 is 0 Å². The SMILES string of the molecule is CN(C=O)c1c(C#CC2CCNC2)cccc1NC1CCC(=O)NC1=O. The molecule has 7 nitrogen and oxygen atoms in total. The molecular weight excluding hydrogens is 332 g/mol. The largest absolute Gasteiger partial charge is 0.372 e. The maximum absolute atomic E-state index is 12.0. The Morgan fingerprint density at radius 3 is 2.85 bits per heavy atom. The van der Waals surface area contributed by atoms with Crippen LogP contribution in [0.4, 0.5) is 11.4 Å². The summed E-state index contributed by atoms with van der Waals surface area (Å²) in [5, 5.41) is 8.77. The molecule has 2 atom stereocenters. The fourth-order valence-electron chi connectivity index (χ4n) is 3.17. The Balaban J connectivity index is 1.89. The van der Waals surface area contributed by atoms with Crippen LogP contribution in [0.15, 0.2) is 18.2 Å². The third-order valence-electron chi connectivity index (χ3n) is 4.59. The van der Waals surface area contributed by atoms with Gasteiger partial charge in [-0.25, -0.2) is 0 Å². The molecule has 0 radical (unpaired) electrons. The molecule has 136 valence electrons. The highest BCUT2D eigenvalue weighted by Gasteiger charge is 2.27. The molecule has 1 aromatic rings. The molecule has 2 unspecified atom stereocenters. The van der Waals surface area contributed by atoms with Gasteiger partial charge in [0.05, 0.1) is 16.9 Å². The van der Waals surface area contributed by atoms with E-state index >= 15 is 0 Å². The predicted octanol–water partition coefficient (Wildman–Crippen LogP) is 0.457. The van der Waals surface area contributed by atoms with Crippen molar-refractivity contribution in [3.05, 3.63) is 23.8 Å². The van der Waals surface area contributed by atoms with Crippen LogP contribution in [0.1, 0.15) is 24.8 Å². The van der Waals surface area contributed by atoms with E-state index in [4.69, 9.17) is 0 Å². The number of hydrogen-bond acceptors (Lipinski definition) is 5. The first kappa shape index (κ1) is 18.0. The average molecular weight is 354 g/mol. The first-order valence-corrected chi connectivity index (χ1v) is 8.72. The van der Waals surface area contributed by atoms with E-state index in [9.17, 15) is 14.4 Å². The summed E-state index contributed by atoms with van der Waals surface area (Å²) in [5.74, 6) is 6.13. The molecule has 0 saturated carbocycles. The minimum atomic E-state index is -0.520. The highest BCUT2D eigenvalue weighted by Crippen LogP contribution is 2.30. The molecule has 0 spiro atoms. The minimum Gasteiger partial charge on any atom is -0.372 e. The van der Waals surface area contributed by atoms with Crippen molar-refractivity contribution < 1.29 is 14.4 Å². The zero-order valence-corrected chi connectivity index (χ0v) is 14.7. The first-order chi connectivity index (χ1) is 12.6. The van der Waals surface area contributed by atoms with E-state index < -0.39 is 6.04 Å². The maximum atomic E-state index is 12.0. The van der Waals surface area contributed by atoms with Crippen molar-refractivity contribution in [1.82, 2.24) is 10.6 Å².